The SMILES string of the molecule is O=C(CCc1ncc(-c2ccccc2F)o1)NCc1ccc(Cn2cnc3ccccc32)cc1. The van der Waals surface area contributed by atoms with Crippen LogP contribution >= 0.6 is 0 Å². The van der Waals surface area contributed by atoms with Crippen molar-refractivity contribution in [2.75, 3.05) is 0 Å². The lowest BCUT2D eigenvalue weighted by Crippen LogP contribution is -2.23. The Balaban J connectivity index is 1.11. The van der Waals surface area contributed by atoms with Crippen molar-refractivity contribution in [1.29, 1.82) is 0 Å². The van der Waals surface area contributed by atoms with Crippen LogP contribution in [0.5, 0.6) is 0 Å². The quantitative estimate of drug-likeness (QED) is 0.353. The van der Waals surface area contributed by atoms with E-state index in [1.165, 1.54) is 12.3 Å². The van der Waals surface area contributed by atoms with Gasteiger partial charge in [-0.2, -0.15) is 0 Å². The number of para-hydroxylation sites is 2. The Labute approximate surface area is 196 Å². The van der Waals surface area contributed by atoms with E-state index in [2.05, 4.69) is 38.1 Å². The van der Waals surface area contributed by atoms with Crippen molar-refractivity contribution in [3.8, 4) is 11.3 Å². The van der Waals surface area contributed by atoms with Gasteiger partial charge in [-0.15, -0.1) is 0 Å². The van der Waals surface area contributed by atoms with Crippen LogP contribution in [-0.4, -0.2) is 20.4 Å². The van der Waals surface area contributed by atoms with E-state index in [1.54, 1.807) is 18.2 Å². The standard InChI is InChI=1S/C27H23FN4O2/c28-22-6-2-1-5-21(22)25-16-30-27(34-25)14-13-26(33)29-15-19-9-11-20(12-10-19)17-32-18-31-23-7-3-4-8-24(23)32/h1-12,16,18H,13-15,17H2,(H,29,33). The van der Waals surface area contributed by atoms with Crippen LogP contribution in [0.1, 0.15) is 23.4 Å². The van der Waals surface area contributed by atoms with Crippen LogP contribution < -0.4 is 5.32 Å². The van der Waals surface area contributed by atoms with E-state index in [1.807, 2.05) is 36.7 Å². The Bertz CT molecular complexity index is 1420. The van der Waals surface area contributed by atoms with Crippen molar-refractivity contribution < 1.29 is 13.6 Å². The van der Waals surface area contributed by atoms with Crippen molar-refractivity contribution in [3.05, 3.63) is 108 Å². The zero-order valence-electron chi connectivity index (χ0n) is 18.4. The molecule has 0 aliphatic carbocycles. The fourth-order valence-electron chi connectivity index (χ4n) is 3.82. The van der Waals surface area contributed by atoms with Gasteiger partial charge in [-0.25, -0.2) is 14.4 Å². The number of hydrogen-bond donors (Lipinski definition) is 1. The molecule has 0 saturated heterocycles. The molecule has 0 aliphatic heterocycles. The topological polar surface area (TPSA) is 73.0 Å². The minimum atomic E-state index is -0.368. The highest BCUT2D eigenvalue weighted by Crippen LogP contribution is 2.23. The molecule has 3 aromatic carbocycles. The number of aryl methyl sites for hydroxylation is 1. The van der Waals surface area contributed by atoms with Gasteiger partial charge in [0, 0.05) is 25.9 Å². The summed E-state index contributed by atoms with van der Waals surface area (Å²) >= 11 is 0. The second kappa shape index (κ2) is 9.70. The second-order valence-electron chi connectivity index (χ2n) is 8.05. The molecule has 5 rings (SSSR count). The average Bonchev–Trinajstić information content (AvgIpc) is 3.50. The number of rotatable bonds is 8. The molecule has 0 unspecified atom stereocenters. The Morgan fingerprint density at radius 1 is 0.941 bits per heavy atom. The number of nitrogens with one attached hydrogen (secondary N) is 1. The number of amides is 1. The molecular formula is C27H23FN4O2. The molecular weight excluding hydrogens is 431 g/mol. The number of nitrogens with zero attached hydrogens (tertiary/aromatic N) is 3. The van der Waals surface area contributed by atoms with Crippen molar-refractivity contribution >= 4 is 16.9 Å². The first-order valence-corrected chi connectivity index (χ1v) is 11.1. The van der Waals surface area contributed by atoms with E-state index in [4.69, 9.17) is 4.42 Å². The number of halogens is 1. The molecule has 170 valence electrons. The number of hydrogen-bond acceptors (Lipinski definition) is 4. The summed E-state index contributed by atoms with van der Waals surface area (Å²) in [7, 11) is 0. The molecule has 5 aromatic rings. The molecule has 1 amide bonds. The second-order valence-corrected chi connectivity index (χ2v) is 8.05. The highest BCUT2D eigenvalue weighted by molar-refractivity contribution is 5.76. The van der Waals surface area contributed by atoms with Crippen LogP contribution in [-0.2, 0) is 24.3 Å². The van der Waals surface area contributed by atoms with E-state index in [9.17, 15) is 9.18 Å². The third kappa shape index (κ3) is 4.88. The lowest BCUT2D eigenvalue weighted by Gasteiger charge is -2.08. The number of benzene rings is 3. The lowest BCUT2D eigenvalue weighted by molar-refractivity contribution is -0.121. The highest BCUT2D eigenvalue weighted by atomic mass is 19.1. The number of aromatic nitrogens is 3. The molecule has 34 heavy (non-hydrogen) atoms. The molecule has 7 heteroatoms. The monoisotopic (exact) mass is 454 g/mol. The minimum Gasteiger partial charge on any atom is -0.441 e. The van der Waals surface area contributed by atoms with Gasteiger partial charge in [0.05, 0.1) is 29.1 Å². The summed E-state index contributed by atoms with van der Waals surface area (Å²) in [6.45, 7) is 1.18. The first kappa shape index (κ1) is 21.6. The normalized spacial score (nSPS) is 11.1. The third-order valence-electron chi connectivity index (χ3n) is 5.65. The summed E-state index contributed by atoms with van der Waals surface area (Å²) < 4.78 is 21.6. The summed E-state index contributed by atoms with van der Waals surface area (Å²) in [4.78, 5) is 20.9. The molecule has 0 aliphatic rings. The van der Waals surface area contributed by atoms with Gasteiger partial charge in [0.15, 0.2) is 11.7 Å². The third-order valence-corrected chi connectivity index (χ3v) is 5.65. The van der Waals surface area contributed by atoms with Crippen molar-refractivity contribution in [2.45, 2.75) is 25.9 Å². The average molecular weight is 455 g/mol. The predicted molar refractivity (Wildman–Crippen MR) is 127 cm³/mol. The summed E-state index contributed by atoms with van der Waals surface area (Å²) in [5.41, 5.74) is 4.62. The van der Waals surface area contributed by atoms with Gasteiger partial charge in [0.25, 0.3) is 0 Å². The summed E-state index contributed by atoms with van der Waals surface area (Å²) in [5, 5.41) is 2.92. The maximum atomic E-state index is 13.9. The maximum absolute atomic E-state index is 13.9. The van der Waals surface area contributed by atoms with E-state index < -0.39 is 0 Å². The fourth-order valence-corrected chi connectivity index (χ4v) is 3.82. The summed E-state index contributed by atoms with van der Waals surface area (Å²) in [6, 6.07) is 22.6. The molecule has 0 saturated carbocycles. The Kier molecular flexibility index (Phi) is 6.16. The van der Waals surface area contributed by atoms with Crippen molar-refractivity contribution in [2.24, 2.45) is 0 Å². The van der Waals surface area contributed by atoms with Crippen molar-refractivity contribution in [1.82, 2.24) is 19.9 Å². The largest absolute Gasteiger partial charge is 0.441 e. The molecule has 0 atom stereocenters. The van der Waals surface area contributed by atoms with E-state index >= 15 is 0 Å². The number of oxazole rings is 1. The molecule has 0 spiro atoms. The van der Waals surface area contributed by atoms with Gasteiger partial charge in [0.1, 0.15) is 5.82 Å². The smallest absolute Gasteiger partial charge is 0.220 e. The summed E-state index contributed by atoms with van der Waals surface area (Å²) in [6.07, 6.45) is 3.92. The molecule has 0 radical (unpaired) electrons. The first-order valence-electron chi connectivity index (χ1n) is 11.1. The van der Waals surface area contributed by atoms with Crippen molar-refractivity contribution in [3.63, 3.8) is 0 Å². The van der Waals surface area contributed by atoms with Gasteiger partial charge >= 0.3 is 0 Å². The Morgan fingerprint density at radius 3 is 2.56 bits per heavy atom. The molecule has 2 heterocycles. The van der Waals surface area contributed by atoms with E-state index in [-0.39, 0.29) is 18.1 Å². The van der Waals surface area contributed by atoms with Gasteiger partial charge in [-0.05, 0) is 35.4 Å². The number of carbonyl (C=O) groups excluding carboxylic acids is 1. The first-order chi connectivity index (χ1) is 16.7. The molecule has 0 bridgehead atoms. The molecule has 2 aromatic heterocycles. The predicted octanol–water partition coefficient (Wildman–Crippen LogP) is 5.13. The lowest BCUT2D eigenvalue weighted by atomic mass is 10.1. The molecule has 0 fully saturated rings. The van der Waals surface area contributed by atoms with Gasteiger partial charge in [0.2, 0.25) is 5.91 Å². The zero-order valence-corrected chi connectivity index (χ0v) is 18.4. The van der Waals surface area contributed by atoms with E-state index in [0.717, 1.165) is 28.7 Å². The van der Waals surface area contributed by atoms with E-state index in [0.29, 0.717) is 30.2 Å². The maximum Gasteiger partial charge on any atom is 0.220 e. The Hall–Kier alpha value is -4.26. The van der Waals surface area contributed by atoms with Crippen LogP contribution in [0, 0.1) is 5.82 Å². The van der Waals surface area contributed by atoms with Crippen LogP contribution in [0.3, 0.4) is 0 Å². The Morgan fingerprint density at radius 2 is 1.71 bits per heavy atom. The van der Waals surface area contributed by atoms with Crippen LogP contribution in [0.15, 0.2) is 89.7 Å². The highest BCUT2D eigenvalue weighted by Gasteiger charge is 2.12. The zero-order chi connectivity index (χ0) is 23.3. The van der Waals surface area contributed by atoms with Crippen LogP contribution in [0.25, 0.3) is 22.4 Å². The van der Waals surface area contributed by atoms with Crippen LogP contribution in [0.2, 0.25) is 0 Å². The van der Waals surface area contributed by atoms with Crippen LogP contribution in [0.4, 0.5) is 4.39 Å². The number of imidazole rings is 1. The number of fused-ring (bicyclic) bond motifs is 1. The fraction of sp³-hybridized carbons (Fsp3) is 0.148. The molecule has 1 N–H and O–H groups in total. The minimum absolute atomic E-state index is 0.0976. The molecule has 6 nitrogen and oxygen atoms in total. The van der Waals surface area contributed by atoms with Gasteiger partial charge < -0.3 is 14.3 Å². The van der Waals surface area contributed by atoms with Gasteiger partial charge in [-0.3, -0.25) is 4.79 Å². The van der Waals surface area contributed by atoms with Gasteiger partial charge in [-0.1, -0.05) is 48.5 Å². The number of carbonyl (C=O) groups is 1. The summed E-state index contributed by atoms with van der Waals surface area (Å²) in [5.74, 6) is 0.300.